The summed E-state index contributed by atoms with van der Waals surface area (Å²) in [5.41, 5.74) is 8.55. The Bertz CT molecular complexity index is 1160. The molecule has 158 valence electrons. The molecule has 0 aliphatic heterocycles. The molecule has 1 atom stereocenters. The lowest BCUT2D eigenvalue weighted by atomic mass is 9.82. The van der Waals surface area contributed by atoms with Crippen molar-refractivity contribution in [3.63, 3.8) is 0 Å². The van der Waals surface area contributed by atoms with E-state index in [9.17, 15) is 19.8 Å². The van der Waals surface area contributed by atoms with Gasteiger partial charge in [0.1, 0.15) is 5.75 Å². The van der Waals surface area contributed by atoms with Gasteiger partial charge in [-0.3, -0.25) is 4.79 Å². The number of phenols is 1. The second-order valence-corrected chi connectivity index (χ2v) is 7.60. The number of benzene rings is 2. The van der Waals surface area contributed by atoms with Crippen LogP contribution in [0.5, 0.6) is 5.75 Å². The van der Waals surface area contributed by atoms with E-state index < -0.39 is 11.9 Å². The average molecular weight is 418 g/mol. The molecule has 1 amide bonds. The van der Waals surface area contributed by atoms with Crippen LogP contribution in [0.4, 0.5) is 11.6 Å². The lowest BCUT2D eigenvalue weighted by Crippen LogP contribution is -2.38. The summed E-state index contributed by atoms with van der Waals surface area (Å²) in [6.45, 7) is 1.92. The molecule has 4 rings (SSSR count). The molecule has 1 aromatic heterocycles. The first kappa shape index (κ1) is 20.3. The van der Waals surface area contributed by atoms with Gasteiger partial charge in [-0.05, 0) is 67.1 Å². The molecule has 3 aromatic rings. The third-order valence-electron chi connectivity index (χ3n) is 5.60. The Labute approximate surface area is 179 Å². The third kappa shape index (κ3) is 3.79. The molecule has 31 heavy (non-hydrogen) atoms. The number of aromatic hydroxyl groups is 1. The molecule has 8 heteroatoms. The van der Waals surface area contributed by atoms with Gasteiger partial charge in [0, 0.05) is 18.4 Å². The van der Waals surface area contributed by atoms with Crippen LogP contribution in [0, 0.1) is 6.92 Å². The minimum Gasteiger partial charge on any atom is -0.506 e. The van der Waals surface area contributed by atoms with E-state index in [4.69, 9.17) is 5.73 Å². The van der Waals surface area contributed by atoms with Gasteiger partial charge in [-0.25, -0.2) is 14.8 Å². The summed E-state index contributed by atoms with van der Waals surface area (Å²) >= 11 is 0. The summed E-state index contributed by atoms with van der Waals surface area (Å²) in [5, 5.41) is 20.1. The Morgan fingerprint density at radius 3 is 2.58 bits per heavy atom. The van der Waals surface area contributed by atoms with Crippen LogP contribution >= 0.6 is 0 Å². The van der Waals surface area contributed by atoms with Crippen LogP contribution in [-0.2, 0) is 12.8 Å². The summed E-state index contributed by atoms with van der Waals surface area (Å²) < 4.78 is 0. The zero-order chi connectivity index (χ0) is 22.1. The number of fused-ring (bicyclic) bond motifs is 1. The van der Waals surface area contributed by atoms with Gasteiger partial charge in [0.15, 0.2) is 0 Å². The number of aromatic nitrogens is 2. The number of aromatic carboxylic acids is 1. The number of carbonyl (C=O) groups excluding carboxylic acids is 1. The van der Waals surface area contributed by atoms with E-state index in [0.29, 0.717) is 36.5 Å². The monoisotopic (exact) mass is 418 g/mol. The standard InChI is InChI=1S/C23H22N4O4/c1-13-3-8-19(28)18(11-13)27(23-25-9-2-10-26-23)15-6-4-14-5-7-16(22(30)31)20(21(24)29)17(14)12-15/h2-3,5,7-11,15,28H,4,6,12H2,1H3,(H2,24,29)(H,30,31). The Hall–Kier alpha value is -3.94. The van der Waals surface area contributed by atoms with Crippen LogP contribution in [0.25, 0.3) is 0 Å². The number of anilines is 2. The zero-order valence-electron chi connectivity index (χ0n) is 16.9. The predicted molar refractivity (Wildman–Crippen MR) is 115 cm³/mol. The minimum absolute atomic E-state index is 0.0390. The molecular weight excluding hydrogens is 396 g/mol. The van der Waals surface area contributed by atoms with Gasteiger partial charge in [0.25, 0.3) is 0 Å². The number of aryl methyl sites for hydroxylation is 2. The molecule has 1 aliphatic rings. The second kappa shape index (κ2) is 8.06. The van der Waals surface area contributed by atoms with Gasteiger partial charge < -0.3 is 20.8 Å². The van der Waals surface area contributed by atoms with Gasteiger partial charge in [-0.1, -0.05) is 12.1 Å². The highest BCUT2D eigenvalue weighted by Gasteiger charge is 2.32. The van der Waals surface area contributed by atoms with E-state index in [0.717, 1.165) is 11.1 Å². The van der Waals surface area contributed by atoms with E-state index in [1.165, 1.54) is 6.07 Å². The van der Waals surface area contributed by atoms with Crippen molar-refractivity contribution in [1.82, 2.24) is 9.97 Å². The molecule has 1 unspecified atom stereocenters. The Kier molecular flexibility index (Phi) is 5.29. The van der Waals surface area contributed by atoms with Gasteiger partial charge in [-0.15, -0.1) is 0 Å². The van der Waals surface area contributed by atoms with Crippen LogP contribution < -0.4 is 10.6 Å². The average Bonchev–Trinajstić information content (AvgIpc) is 2.76. The maximum absolute atomic E-state index is 12.2. The molecule has 0 saturated heterocycles. The van der Waals surface area contributed by atoms with Crippen LogP contribution in [0.1, 0.15) is 43.8 Å². The third-order valence-corrected chi connectivity index (χ3v) is 5.60. The number of carboxylic acids is 1. The summed E-state index contributed by atoms with van der Waals surface area (Å²) in [7, 11) is 0. The molecule has 0 saturated carbocycles. The number of hydrogen-bond acceptors (Lipinski definition) is 6. The first-order valence-corrected chi connectivity index (χ1v) is 9.90. The molecular formula is C23H22N4O4. The number of rotatable bonds is 5. The lowest BCUT2D eigenvalue weighted by Gasteiger charge is -2.36. The fourth-order valence-electron chi connectivity index (χ4n) is 4.21. The van der Waals surface area contributed by atoms with Crippen molar-refractivity contribution >= 4 is 23.5 Å². The van der Waals surface area contributed by atoms with Crippen molar-refractivity contribution in [3.8, 4) is 5.75 Å². The van der Waals surface area contributed by atoms with Gasteiger partial charge in [0.2, 0.25) is 11.9 Å². The number of primary amides is 1. The first-order valence-electron chi connectivity index (χ1n) is 9.90. The van der Waals surface area contributed by atoms with Crippen LogP contribution in [0.15, 0.2) is 48.8 Å². The van der Waals surface area contributed by atoms with E-state index in [-0.39, 0.29) is 22.9 Å². The maximum atomic E-state index is 12.2. The number of phenolic OH excluding ortho intramolecular Hbond substituents is 1. The van der Waals surface area contributed by atoms with Crippen LogP contribution in [0.3, 0.4) is 0 Å². The zero-order valence-corrected chi connectivity index (χ0v) is 16.9. The molecule has 0 fully saturated rings. The SMILES string of the molecule is Cc1ccc(O)c(N(c2ncccn2)C2CCc3ccc(C(=O)O)c(C(N)=O)c3C2)c1. The summed E-state index contributed by atoms with van der Waals surface area (Å²) in [4.78, 5) is 34.5. The van der Waals surface area contributed by atoms with Gasteiger partial charge in [-0.2, -0.15) is 0 Å². The molecule has 0 spiro atoms. The highest BCUT2D eigenvalue weighted by molar-refractivity contribution is 6.05. The molecule has 0 radical (unpaired) electrons. The smallest absolute Gasteiger partial charge is 0.336 e. The highest BCUT2D eigenvalue weighted by Crippen LogP contribution is 2.38. The second-order valence-electron chi connectivity index (χ2n) is 7.60. The minimum atomic E-state index is -1.20. The summed E-state index contributed by atoms with van der Waals surface area (Å²) in [6.07, 6.45) is 4.92. The largest absolute Gasteiger partial charge is 0.506 e. The van der Waals surface area contributed by atoms with Crippen molar-refractivity contribution in [2.45, 2.75) is 32.2 Å². The fraction of sp³-hybridized carbons (Fsp3) is 0.217. The number of amides is 1. The van der Waals surface area contributed by atoms with Crippen molar-refractivity contribution < 1.29 is 19.8 Å². The van der Waals surface area contributed by atoms with Crippen molar-refractivity contribution in [1.29, 1.82) is 0 Å². The summed E-state index contributed by atoms with van der Waals surface area (Å²) in [6, 6.07) is 9.95. The fourth-order valence-corrected chi connectivity index (χ4v) is 4.21. The van der Waals surface area contributed by atoms with E-state index in [1.807, 2.05) is 24.0 Å². The number of nitrogens with two attached hydrogens (primary N) is 1. The van der Waals surface area contributed by atoms with Crippen LogP contribution in [0.2, 0.25) is 0 Å². The number of nitrogens with zero attached hydrogens (tertiary/aromatic N) is 3. The number of carboxylic acid groups (broad SMARTS) is 1. The molecule has 8 nitrogen and oxygen atoms in total. The highest BCUT2D eigenvalue weighted by atomic mass is 16.4. The number of hydrogen-bond donors (Lipinski definition) is 3. The molecule has 1 aliphatic carbocycles. The molecule has 4 N–H and O–H groups in total. The van der Waals surface area contributed by atoms with Gasteiger partial charge in [0.05, 0.1) is 16.8 Å². The van der Waals surface area contributed by atoms with Crippen LogP contribution in [-0.4, -0.2) is 38.1 Å². The maximum Gasteiger partial charge on any atom is 0.336 e. The normalized spacial score (nSPS) is 15.2. The Balaban J connectivity index is 1.85. The predicted octanol–water partition coefficient (Wildman–Crippen LogP) is 2.98. The van der Waals surface area contributed by atoms with Crippen molar-refractivity contribution in [3.05, 3.63) is 76.6 Å². The molecule has 0 bridgehead atoms. The molecule has 2 aromatic carbocycles. The Morgan fingerprint density at radius 2 is 1.90 bits per heavy atom. The van der Waals surface area contributed by atoms with E-state index in [1.54, 1.807) is 30.6 Å². The topological polar surface area (TPSA) is 130 Å². The number of carbonyl (C=O) groups is 2. The first-order chi connectivity index (χ1) is 14.9. The van der Waals surface area contributed by atoms with Gasteiger partial charge >= 0.3 is 5.97 Å². The van der Waals surface area contributed by atoms with E-state index in [2.05, 4.69) is 9.97 Å². The van der Waals surface area contributed by atoms with Crippen molar-refractivity contribution in [2.24, 2.45) is 5.73 Å². The van der Waals surface area contributed by atoms with Crippen molar-refractivity contribution in [2.75, 3.05) is 4.90 Å². The summed E-state index contributed by atoms with van der Waals surface area (Å²) in [5.74, 6) is -1.47. The molecule has 1 heterocycles. The Morgan fingerprint density at radius 1 is 1.16 bits per heavy atom. The quantitative estimate of drug-likeness (QED) is 0.581. The lowest BCUT2D eigenvalue weighted by molar-refractivity contribution is 0.0691. The van der Waals surface area contributed by atoms with E-state index >= 15 is 0 Å².